The number of thioether (sulfide) groups is 1. The van der Waals surface area contributed by atoms with E-state index in [0.29, 0.717) is 5.82 Å². The first-order valence-electron chi connectivity index (χ1n) is 6.06. The molecule has 0 saturated heterocycles. The Hall–Kier alpha value is -1.23. The number of carboxylic acids is 1. The number of nitrogens with one attached hydrogen (secondary N) is 1. The van der Waals surface area contributed by atoms with Crippen molar-refractivity contribution >= 4 is 23.5 Å². The smallest absolute Gasteiger partial charge is 0.339 e. The van der Waals surface area contributed by atoms with Crippen molar-refractivity contribution in [3.05, 3.63) is 23.4 Å². The maximum atomic E-state index is 11.2. The van der Waals surface area contributed by atoms with Crippen molar-refractivity contribution < 1.29 is 9.90 Å². The van der Waals surface area contributed by atoms with Crippen molar-refractivity contribution in [1.82, 2.24) is 4.98 Å². The molecule has 1 fully saturated rings. The van der Waals surface area contributed by atoms with Gasteiger partial charge in [-0.15, -0.1) is 0 Å². The average Bonchev–Trinajstić information content (AvgIpc) is 2.27. The standard InChI is InChI=1S/C13H18N2O2S/c1-9-4-7-14-11(10(9)12(16)17)15-8-13(18-2)5-3-6-13/h4,7H,3,5-6,8H2,1-2H3,(H,14,15)(H,16,17). The average molecular weight is 266 g/mol. The summed E-state index contributed by atoms with van der Waals surface area (Å²) in [7, 11) is 0. The zero-order chi connectivity index (χ0) is 13.2. The fourth-order valence-corrected chi connectivity index (χ4v) is 3.14. The highest BCUT2D eigenvalue weighted by Gasteiger charge is 2.36. The molecule has 2 rings (SSSR count). The molecule has 1 saturated carbocycles. The topological polar surface area (TPSA) is 62.2 Å². The predicted octanol–water partition coefficient (Wildman–Crippen LogP) is 2.79. The summed E-state index contributed by atoms with van der Waals surface area (Å²) in [4.78, 5) is 15.4. The van der Waals surface area contributed by atoms with Crippen molar-refractivity contribution in [3.63, 3.8) is 0 Å². The molecule has 1 aromatic rings. The first-order valence-corrected chi connectivity index (χ1v) is 7.28. The van der Waals surface area contributed by atoms with Gasteiger partial charge in [-0.05, 0) is 37.7 Å². The largest absolute Gasteiger partial charge is 0.478 e. The van der Waals surface area contributed by atoms with Crippen LogP contribution >= 0.6 is 11.8 Å². The summed E-state index contributed by atoms with van der Waals surface area (Å²) in [5, 5.41) is 12.4. The van der Waals surface area contributed by atoms with E-state index >= 15 is 0 Å². The summed E-state index contributed by atoms with van der Waals surface area (Å²) in [5.74, 6) is -0.433. The number of aryl methyl sites for hydroxylation is 1. The summed E-state index contributed by atoms with van der Waals surface area (Å²) in [6.45, 7) is 2.58. The van der Waals surface area contributed by atoms with Crippen LogP contribution < -0.4 is 5.32 Å². The van der Waals surface area contributed by atoms with Gasteiger partial charge in [-0.2, -0.15) is 11.8 Å². The summed E-state index contributed by atoms with van der Waals surface area (Å²) >= 11 is 1.86. The third kappa shape index (κ3) is 2.46. The molecule has 1 aromatic heterocycles. The van der Waals surface area contributed by atoms with E-state index in [1.807, 2.05) is 11.8 Å². The minimum absolute atomic E-state index is 0.265. The van der Waals surface area contributed by atoms with Gasteiger partial charge in [0.25, 0.3) is 0 Å². The highest BCUT2D eigenvalue weighted by molar-refractivity contribution is 8.00. The molecule has 0 amide bonds. The number of hydrogen-bond acceptors (Lipinski definition) is 4. The number of carboxylic acid groups (broad SMARTS) is 1. The molecule has 1 heterocycles. The molecular weight excluding hydrogens is 248 g/mol. The number of aromatic nitrogens is 1. The number of aromatic carboxylic acids is 1. The highest BCUT2D eigenvalue weighted by Crippen LogP contribution is 2.42. The number of nitrogens with zero attached hydrogens (tertiary/aromatic N) is 1. The summed E-state index contributed by atoms with van der Waals surface area (Å²) in [6.07, 6.45) is 7.40. The molecule has 18 heavy (non-hydrogen) atoms. The van der Waals surface area contributed by atoms with E-state index < -0.39 is 5.97 Å². The first kappa shape index (κ1) is 13.2. The molecular formula is C13H18N2O2S. The van der Waals surface area contributed by atoms with E-state index in [-0.39, 0.29) is 10.3 Å². The van der Waals surface area contributed by atoms with E-state index in [1.165, 1.54) is 19.3 Å². The second-order valence-corrected chi connectivity index (χ2v) is 6.03. The number of rotatable bonds is 5. The number of carbonyl (C=O) groups is 1. The van der Waals surface area contributed by atoms with Crippen LogP contribution in [-0.4, -0.2) is 33.6 Å². The normalized spacial score (nSPS) is 17.0. The minimum atomic E-state index is -0.921. The molecule has 98 valence electrons. The van der Waals surface area contributed by atoms with Crippen molar-refractivity contribution in [2.75, 3.05) is 18.1 Å². The Bertz CT molecular complexity index is 453. The molecule has 1 aliphatic rings. The molecule has 0 unspecified atom stereocenters. The first-order chi connectivity index (χ1) is 8.58. The third-order valence-electron chi connectivity index (χ3n) is 3.65. The van der Waals surface area contributed by atoms with Crippen LogP contribution in [0.1, 0.15) is 35.2 Å². The molecule has 2 N–H and O–H groups in total. The molecule has 0 bridgehead atoms. The van der Waals surface area contributed by atoms with Gasteiger partial charge in [0, 0.05) is 17.5 Å². The molecule has 4 nitrogen and oxygen atoms in total. The number of pyridine rings is 1. The third-order valence-corrected chi connectivity index (χ3v) is 5.07. The van der Waals surface area contributed by atoms with Crippen molar-refractivity contribution in [2.45, 2.75) is 30.9 Å². The SMILES string of the molecule is CSC1(CNc2nccc(C)c2C(=O)O)CCC1. The van der Waals surface area contributed by atoms with Gasteiger partial charge in [-0.25, -0.2) is 9.78 Å². The minimum Gasteiger partial charge on any atom is -0.478 e. The molecule has 5 heteroatoms. The van der Waals surface area contributed by atoms with Gasteiger partial charge in [-0.1, -0.05) is 6.42 Å². The monoisotopic (exact) mass is 266 g/mol. The quantitative estimate of drug-likeness (QED) is 0.858. The van der Waals surface area contributed by atoms with E-state index in [0.717, 1.165) is 12.1 Å². The Morgan fingerprint density at radius 2 is 2.33 bits per heavy atom. The zero-order valence-corrected chi connectivity index (χ0v) is 11.5. The molecule has 0 radical (unpaired) electrons. The van der Waals surface area contributed by atoms with Crippen LogP contribution in [0.25, 0.3) is 0 Å². The lowest BCUT2D eigenvalue weighted by Crippen LogP contribution is -2.40. The van der Waals surface area contributed by atoms with Gasteiger partial charge in [0.15, 0.2) is 0 Å². The van der Waals surface area contributed by atoms with Crippen LogP contribution in [0.2, 0.25) is 0 Å². The maximum absolute atomic E-state index is 11.2. The molecule has 0 spiro atoms. The van der Waals surface area contributed by atoms with Gasteiger partial charge in [0.1, 0.15) is 11.4 Å². The Balaban J connectivity index is 2.14. The Kier molecular flexibility index (Phi) is 3.80. The summed E-state index contributed by atoms with van der Waals surface area (Å²) in [6, 6.07) is 1.72. The van der Waals surface area contributed by atoms with Crippen LogP contribution in [0.4, 0.5) is 5.82 Å². The molecule has 0 atom stereocenters. The van der Waals surface area contributed by atoms with Gasteiger partial charge < -0.3 is 10.4 Å². The second-order valence-electron chi connectivity index (χ2n) is 4.75. The van der Waals surface area contributed by atoms with Crippen LogP contribution in [0, 0.1) is 6.92 Å². The van der Waals surface area contributed by atoms with Crippen molar-refractivity contribution in [1.29, 1.82) is 0 Å². The zero-order valence-electron chi connectivity index (χ0n) is 10.7. The maximum Gasteiger partial charge on any atom is 0.339 e. The van der Waals surface area contributed by atoms with E-state index in [4.69, 9.17) is 0 Å². The lowest BCUT2D eigenvalue weighted by molar-refractivity contribution is 0.0696. The lowest BCUT2D eigenvalue weighted by atomic mass is 9.84. The summed E-state index contributed by atoms with van der Waals surface area (Å²) in [5.41, 5.74) is 1.03. The van der Waals surface area contributed by atoms with Gasteiger partial charge in [0.05, 0.1) is 0 Å². The number of anilines is 1. The van der Waals surface area contributed by atoms with E-state index in [2.05, 4.69) is 16.6 Å². The van der Waals surface area contributed by atoms with Crippen LogP contribution in [0.3, 0.4) is 0 Å². The highest BCUT2D eigenvalue weighted by atomic mass is 32.2. The number of hydrogen-bond donors (Lipinski definition) is 2. The van der Waals surface area contributed by atoms with E-state index in [9.17, 15) is 9.90 Å². The lowest BCUT2D eigenvalue weighted by Gasteiger charge is -2.40. The fraction of sp³-hybridized carbons (Fsp3) is 0.538. The van der Waals surface area contributed by atoms with Crippen LogP contribution in [-0.2, 0) is 0 Å². The Morgan fingerprint density at radius 1 is 1.61 bits per heavy atom. The van der Waals surface area contributed by atoms with Crippen molar-refractivity contribution in [2.24, 2.45) is 0 Å². The van der Waals surface area contributed by atoms with Gasteiger partial charge in [0.2, 0.25) is 0 Å². The van der Waals surface area contributed by atoms with E-state index in [1.54, 1.807) is 19.2 Å². The van der Waals surface area contributed by atoms with Crippen LogP contribution in [0.5, 0.6) is 0 Å². The Morgan fingerprint density at radius 3 is 2.83 bits per heavy atom. The molecule has 1 aliphatic carbocycles. The van der Waals surface area contributed by atoms with Gasteiger partial charge in [-0.3, -0.25) is 0 Å². The molecule has 0 aliphatic heterocycles. The second kappa shape index (κ2) is 5.18. The predicted molar refractivity (Wildman–Crippen MR) is 74.5 cm³/mol. The van der Waals surface area contributed by atoms with Crippen molar-refractivity contribution in [3.8, 4) is 0 Å². The summed E-state index contributed by atoms with van der Waals surface area (Å²) < 4.78 is 0.265. The fourth-order valence-electron chi connectivity index (χ4n) is 2.23. The van der Waals surface area contributed by atoms with Gasteiger partial charge >= 0.3 is 5.97 Å². The molecule has 0 aromatic carbocycles. The Labute approximate surface area is 111 Å². The van der Waals surface area contributed by atoms with Crippen LogP contribution in [0.15, 0.2) is 12.3 Å².